The quantitative estimate of drug-likeness (QED) is 0.561. The molecule has 0 saturated carbocycles. The normalized spacial score (nSPS) is 15.7. The van der Waals surface area contributed by atoms with Crippen LogP contribution in [0, 0.1) is 5.82 Å². The molecule has 27 heavy (non-hydrogen) atoms. The second-order valence-electron chi connectivity index (χ2n) is 7.11. The number of carbonyl (C=O) groups is 1. The van der Waals surface area contributed by atoms with Gasteiger partial charge in [0.15, 0.2) is 0 Å². The molecule has 5 nitrogen and oxygen atoms in total. The Bertz CT molecular complexity index is 1140. The van der Waals surface area contributed by atoms with E-state index in [-0.39, 0.29) is 17.6 Å². The molecule has 0 spiro atoms. The number of likely N-dealkylation sites (tertiary alicyclic amines) is 1. The fourth-order valence-electron chi connectivity index (χ4n) is 4.15. The molecule has 1 saturated heterocycles. The van der Waals surface area contributed by atoms with Crippen LogP contribution in [0.2, 0.25) is 0 Å². The lowest BCUT2D eigenvalue weighted by Crippen LogP contribution is -2.38. The number of nitrogens with zero attached hydrogens (tertiary/aromatic N) is 2. The van der Waals surface area contributed by atoms with E-state index in [1.807, 2.05) is 41.4 Å². The number of hydrogen-bond donors (Lipinski definition) is 2. The fourth-order valence-corrected chi connectivity index (χ4v) is 4.15. The summed E-state index contributed by atoms with van der Waals surface area (Å²) >= 11 is 0. The highest BCUT2D eigenvalue weighted by Crippen LogP contribution is 2.34. The van der Waals surface area contributed by atoms with Crippen LogP contribution >= 0.6 is 0 Å². The number of nitrogens with one attached hydrogen (secondary N) is 2. The lowest BCUT2D eigenvalue weighted by atomic mass is 9.87. The van der Waals surface area contributed by atoms with Gasteiger partial charge in [0.05, 0.1) is 6.20 Å². The number of amides is 1. The maximum absolute atomic E-state index is 14.5. The van der Waals surface area contributed by atoms with E-state index in [4.69, 9.17) is 0 Å². The van der Waals surface area contributed by atoms with Crippen LogP contribution in [0.5, 0.6) is 0 Å². The SMILES string of the molecule is O=C(c1ccc2cc[nH]c2c1)N1CCC(c2c(F)cnc3[nH]ccc23)CC1. The van der Waals surface area contributed by atoms with Crippen molar-refractivity contribution >= 4 is 27.8 Å². The van der Waals surface area contributed by atoms with Crippen molar-refractivity contribution in [2.75, 3.05) is 13.1 Å². The van der Waals surface area contributed by atoms with Gasteiger partial charge >= 0.3 is 0 Å². The van der Waals surface area contributed by atoms with Crippen LogP contribution < -0.4 is 0 Å². The Morgan fingerprint density at radius 1 is 1.11 bits per heavy atom. The molecular weight excluding hydrogens is 343 g/mol. The first-order chi connectivity index (χ1) is 13.2. The van der Waals surface area contributed by atoms with Gasteiger partial charge in [0, 0.05) is 47.5 Å². The largest absolute Gasteiger partial charge is 0.361 e. The summed E-state index contributed by atoms with van der Waals surface area (Å²) in [7, 11) is 0. The van der Waals surface area contributed by atoms with Gasteiger partial charge in [-0.25, -0.2) is 9.37 Å². The molecule has 3 aromatic heterocycles. The number of halogens is 1. The first-order valence-electron chi connectivity index (χ1n) is 9.18. The van der Waals surface area contributed by atoms with Crippen molar-refractivity contribution in [3.8, 4) is 0 Å². The minimum Gasteiger partial charge on any atom is -0.361 e. The summed E-state index contributed by atoms with van der Waals surface area (Å²) in [6, 6.07) is 9.59. The topological polar surface area (TPSA) is 64.8 Å². The van der Waals surface area contributed by atoms with Gasteiger partial charge in [0.25, 0.3) is 5.91 Å². The van der Waals surface area contributed by atoms with Crippen LogP contribution in [-0.4, -0.2) is 38.8 Å². The molecule has 5 rings (SSSR count). The standard InChI is InChI=1S/C21H19FN4O/c22-17-12-25-20-16(4-8-24-20)19(17)14-5-9-26(10-6-14)21(27)15-2-1-13-3-7-23-18(13)11-15/h1-4,7-8,11-12,14,23H,5-6,9-10H2,(H,24,25). The van der Waals surface area contributed by atoms with Crippen LogP contribution in [0.25, 0.3) is 21.9 Å². The van der Waals surface area contributed by atoms with Crippen molar-refractivity contribution in [2.24, 2.45) is 0 Å². The highest BCUT2D eigenvalue weighted by atomic mass is 19.1. The Balaban J connectivity index is 1.35. The van der Waals surface area contributed by atoms with E-state index in [2.05, 4.69) is 15.0 Å². The highest BCUT2D eigenvalue weighted by Gasteiger charge is 2.28. The Morgan fingerprint density at radius 3 is 2.78 bits per heavy atom. The van der Waals surface area contributed by atoms with Gasteiger partial charge in [0.1, 0.15) is 11.5 Å². The molecule has 1 amide bonds. The third kappa shape index (κ3) is 2.68. The summed E-state index contributed by atoms with van der Waals surface area (Å²) < 4.78 is 14.5. The molecule has 4 aromatic rings. The number of carbonyl (C=O) groups excluding carboxylic acids is 1. The number of benzene rings is 1. The van der Waals surface area contributed by atoms with Crippen LogP contribution in [0.15, 0.2) is 48.9 Å². The number of aromatic amines is 2. The fraction of sp³-hybridized carbons (Fsp3) is 0.238. The van der Waals surface area contributed by atoms with E-state index < -0.39 is 0 Å². The molecule has 0 unspecified atom stereocenters. The number of hydrogen-bond acceptors (Lipinski definition) is 2. The van der Waals surface area contributed by atoms with Crippen molar-refractivity contribution in [1.29, 1.82) is 0 Å². The van der Waals surface area contributed by atoms with Gasteiger partial charge in [-0.05, 0) is 48.4 Å². The van der Waals surface area contributed by atoms with E-state index in [0.717, 1.165) is 34.7 Å². The number of rotatable bonds is 2. The van der Waals surface area contributed by atoms with Gasteiger partial charge in [-0.2, -0.15) is 0 Å². The summed E-state index contributed by atoms with van der Waals surface area (Å²) in [6.07, 6.45) is 6.44. The van der Waals surface area contributed by atoms with Crippen LogP contribution in [0.1, 0.15) is 34.7 Å². The van der Waals surface area contributed by atoms with E-state index in [0.29, 0.717) is 24.3 Å². The van der Waals surface area contributed by atoms with Gasteiger partial charge in [-0.1, -0.05) is 6.07 Å². The van der Waals surface area contributed by atoms with Crippen LogP contribution in [0.3, 0.4) is 0 Å². The average molecular weight is 362 g/mol. The molecule has 1 fully saturated rings. The minimum absolute atomic E-state index is 0.0342. The van der Waals surface area contributed by atoms with Gasteiger partial charge < -0.3 is 14.9 Å². The first kappa shape index (κ1) is 16.1. The summed E-state index contributed by atoms with van der Waals surface area (Å²) in [6.45, 7) is 1.25. The molecule has 136 valence electrons. The highest BCUT2D eigenvalue weighted by molar-refractivity contribution is 5.98. The van der Waals surface area contributed by atoms with Gasteiger partial charge in [-0.15, -0.1) is 0 Å². The predicted octanol–water partition coefficient (Wildman–Crippen LogP) is 4.20. The molecule has 0 atom stereocenters. The number of H-pyrrole nitrogens is 2. The molecule has 1 aromatic carbocycles. The Labute approximate surface area is 155 Å². The van der Waals surface area contributed by atoms with E-state index >= 15 is 0 Å². The molecule has 1 aliphatic heterocycles. The third-order valence-corrected chi connectivity index (χ3v) is 5.57. The maximum Gasteiger partial charge on any atom is 0.253 e. The molecule has 1 aliphatic rings. The smallest absolute Gasteiger partial charge is 0.253 e. The number of aromatic nitrogens is 3. The summed E-state index contributed by atoms with van der Waals surface area (Å²) in [5.74, 6) is -0.128. The minimum atomic E-state index is -0.260. The maximum atomic E-state index is 14.5. The van der Waals surface area contributed by atoms with Gasteiger partial charge in [0.2, 0.25) is 0 Å². The van der Waals surface area contributed by atoms with E-state index in [1.165, 1.54) is 6.20 Å². The van der Waals surface area contributed by atoms with Gasteiger partial charge in [-0.3, -0.25) is 4.79 Å². The summed E-state index contributed by atoms with van der Waals surface area (Å²) in [4.78, 5) is 25.0. The molecule has 0 bridgehead atoms. The van der Waals surface area contributed by atoms with E-state index in [1.54, 1.807) is 6.20 Å². The Morgan fingerprint density at radius 2 is 1.93 bits per heavy atom. The molecule has 4 heterocycles. The van der Waals surface area contributed by atoms with E-state index in [9.17, 15) is 9.18 Å². The zero-order valence-electron chi connectivity index (χ0n) is 14.7. The summed E-state index contributed by atoms with van der Waals surface area (Å²) in [5, 5.41) is 1.94. The zero-order chi connectivity index (χ0) is 18.4. The van der Waals surface area contributed by atoms with Crippen molar-refractivity contribution in [2.45, 2.75) is 18.8 Å². The second kappa shape index (κ2) is 6.23. The lowest BCUT2D eigenvalue weighted by Gasteiger charge is -2.32. The van der Waals surface area contributed by atoms with Crippen LogP contribution in [-0.2, 0) is 0 Å². The molecule has 0 aliphatic carbocycles. The number of fused-ring (bicyclic) bond motifs is 2. The first-order valence-corrected chi connectivity index (χ1v) is 9.18. The zero-order valence-corrected chi connectivity index (χ0v) is 14.7. The van der Waals surface area contributed by atoms with Crippen molar-refractivity contribution < 1.29 is 9.18 Å². The second-order valence-corrected chi connectivity index (χ2v) is 7.11. The lowest BCUT2D eigenvalue weighted by molar-refractivity contribution is 0.0713. The monoisotopic (exact) mass is 362 g/mol. The molecule has 6 heteroatoms. The molecule has 2 N–H and O–H groups in total. The van der Waals surface area contributed by atoms with Crippen molar-refractivity contribution in [1.82, 2.24) is 19.9 Å². The summed E-state index contributed by atoms with van der Waals surface area (Å²) in [5.41, 5.74) is 3.08. The predicted molar refractivity (Wildman–Crippen MR) is 102 cm³/mol. The Kier molecular flexibility index (Phi) is 3.70. The third-order valence-electron chi connectivity index (χ3n) is 5.57. The van der Waals surface area contributed by atoms with Crippen molar-refractivity contribution in [3.63, 3.8) is 0 Å². The average Bonchev–Trinajstić information content (AvgIpc) is 3.36. The Hall–Kier alpha value is -3.15. The number of pyridine rings is 1. The number of piperidine rings is 1. The molecule has 0 radical (unpaired) electrons. The van der Waals surface area contributed by atoms with Crippen LogP contribution in [0.4, 0.5) is 4.39 Å². The molecular formula is C21H19FN4O. The van der Waals surface area contributed by atoms with Crippen molar-refractivity contribution in [3.05, 3.63) is 65.9 Å².